The molecule has 0 spiro atoms. The first-order valence-corrected chi connectivity index (χ1v) is 10.4. The molecule has 30 heavy (non-hydrogen) atoms. The van der Waals surface area contributed by atoms with E-state index in [1.807, 2.05) is 29.0 Å². The predicted octanol–water partition coefficient (Wildman–Crippen LogP) is 2.29. The summed E-state index contributed by atoms with van der Waals surface area (Å²) in [7, 11) is 3.51. The molecule has 162 valence electrons. The van der Waals surface area contributed by atoms with Gasteiger partial charge in [0.15, 0.2) is 11.5 Å². The van der Waals surface area contributed by atoms with Gasteiger partial charge in [-0.25, -0.2) is 14.8 Å². The Morgan fingerprint density at radius 1 is 1.17 bits per heavy atom. The van der Waals surface area contributed by atoms with Crippen molar-refractivity contribution in [1.29, 1.82) is 0 Å². The van der Waals surface area contributed by atoms with E-state index >= 15 is 0 Å². The van der Waals surface area contributed by atoms with Crippen LogP contribution >= 0.6 is 0 Å². The van der Waals surface area contributed by atoms with E-state index in [0.29, 0.717) is 43.6 Å². The predicted molar refractivity (Wildman–Crippen MR) is 113 cm³/mol. The molecule has 9 nitrogen and oxygen atoms in total. The second kappa shape index (κ2) is 8.91. The van der Waals surface area contributed by atoms with Crippen molar-refractivity contribution >= 4 is 22.8 Å². The van der Waals surface area contributed by atoms with Crippen molar-refractivity contribution in [2.24, 2.45) is 0 Å². The van der Waals surface area contributed by atoms with Gasteiger partial charge >= 0.3 is 6.03 Å². The van der Waals surface area contributed by atoms with Gasteiger partial charge in [-0.2, -0.15) is 0 Å². The number of hydrogen-bond donors (Lipinski definition) is 1. The Kier molecular flexibility index (Phi) is 6.08. The largest absolute Gasteiger partial charge is 0.493 e. The van der Waals surface area contributed by atoms with Gasteiger partial charge in [-0.15, -0.1) is 0 Å². The highest BCUT2D eigenvalue weighted by Gasteiger charge is 2.30. The molecular weight excluding hydrogens is 386 g/mol. The Bertz CT molecular complexity index is 894. The van der Waals surface area contributed by atoms with Gasteiger partial charge in [0.2, 0.25) is 0 Å². The number of aromatic nitrogens is 2. The number of carbonyl (C=O) groups is 1. The number of amides is 2. The molecule has 0 unspecified atom stereocenters. The van der Waals surface area contributed by atoms with E-state index in [1.54, 1.807) is 7.11 Å². The fourth-order valence-electron chi connectivity index (χ4n) is 4.20. The SMILES string of the molecule is COc1cc2ncnc(N)c2cc1OC1CCC(N(C)C(=O)N2CCOCC2)CC1. The standard InChI is InChI=1S/C21H29N5O4/c1-25(21(27)26-7-9-29-10-8-26)14-3-5-15(6-4-14)30-19-11-16-17(12-18(19)28-2)23-13-24-20(16)22/h11-15H,3-10H2,1-2H3,(H2,22,23,24). The molecule has 2 N–H and O–H groups in total. The normalized spacial score (nSPS) is 22.0. The van der Waals surface area contributed by atoms with E-state index in [-0.39, 0.29) is 18.2 Å². The van der Waals surface area contributed by atoms with Crippen molar-refractivity contribution in [3.8, 4) is 11.5 Å². The minimum atomic E-state index is 0.0605. The fourth-order valence-corrected chi connectivity index (χ4v) is 4.20. The Labute approximate surface area is 176 Å². The first-order valence-electron chi connectivity index (χ1n) is 10.4. The number of hydrogen-bond acceptors (Lipinski definition) is 7. The number of anilines is 1. The first-order chi connectivity index (χ1) is 14.6. The van der Waals surface area contributed by atoms with Crippen LogP contribution in [0.15, 0.2) is 18.5 Å². The summed E-state index contributed by atoms with van der Waals surface area (Å²) in [4.78, 5) is 24.8. The smallest absolute Gasteiger partial charge is 0.320 e. The first kappa shape index (κ1) is 20.5. The molecule has 2 fully saturated rings. The van der Waals surface area contributed by atoms with Crippen LogP contribution in [0.3, 0.4) is 0 Å². The van der Waals surface area contributed by atoms with Gasteiger partial charge < -0.3 is 29.7 Å². The van der Waals surface area contributed by atoms with Crippen molar-refractivity contribution < 1.29 is 19.0 Å². The van der Waals surface area contributed by atoms with E-state index in [9.17, 15) is 4.79 Å². The van der Waals surface area contributed by atoms with Crippen LogP contribution in [0, 0.1) is 0 Å². The lowest BCUT2D eigenvalue weighted by Gasteiger charge is -2.38. The fraction of sp³-hybridized carbons (Fsp3) is 0.571. The van der Waals surface area contributed by atoms with Gasteiger partial charge in [0.25, 0.3) is 0 Å². The molecule has 2 heterocycles. The number of ether oxygens (including phenoxy) is 3. The summed E-state index contributed by atoms with van der Waals surface area (Å²) >= 11 is 0. The molecule has 1 saturated carbocycles. The maximum atomic E-state index is 12.7. The number of nitrogens with zero attached hydrogens (tertiary/aromatic N) is 4. The average molecular weight is 415 g/mol. The minimum absolute atomic E-state index is 0.0605. The summed E-state index contributed by atoms with van der Waals surface area (Å²) in [6.07, 6.45) is 5.04. The van der Waals surface area contributed by atoms with Crippen LogP contribution < -0.4 is 15.2 Å². The van der Waals surface area contributed by atoms with Crippen molar-refractivity contribution in [1.82, 2.24) is 19.8 Å². The third-order valence-electron chi connectivity index (χ3n) is 6.02. The Balaban J connectivity index is 1.39. The Hall–Kier alpha value is -2.81. The molecule has 0 radical (unpaired) electrons. The van der Waals surface area contributed by atoms with Crippen molar-refractivity contribution in [2.75, 3.05) is 46.2 Å². The zero-order valence-corrected chi connectivity index (χ0v) is 17.5. The summed E-state index contributed by atoms with van der Waals surface area (Å²) in [6, 6.07) is 3.99. The topological polar surface area (TPSA) is 103 Å². The van der Waals surface area contributed by atoms with Crippen LogP contribution in [-0.2, 0) is 4.74 Å². The number of urea groups is 1. The van der Waals surface area contributed by atoms with Crippen LogP contribution in [0.4, 0.5) is 10.6 Å². The second-order valence-electron chi connectivity index (χ2n) is 7.82. The molecule has 0 atom stereocenters. The molecule has 2 amide bonds. The Morgan fingerprint density at radius 2 is 1.90 bits per heavy atom. The van der Waals surface area contributed by atoms with Gasteiger partial charge in [0.1, 0.15) is 12.1 Å². The zero-order chi connectivity index (χ0) is 21.1. The van der Waals surface area contributed by atoms with Gasteiger partial charge in [-0.05, 0) is 31.7 Å². The lowest BCUT2D eigenvalue weighted by molar-refractivity contribution is 0.0369. The van der Waals surface area contributed by atoms with Crippen molar-refractivity contribution in [3.63, 3.8) is 0 Å². The van der Waals surface area contributed by atoms with E-state index in [4.69, 9.17) is 19.9 Å². The summed E-state index contributed by atoms with van der Waals surface area (Å²) in [6.45, 7) is 2.55. The van der Waals surface area contributed by atoms with Crippen LogP contribution in [-0.4, -0.2) is 78.4 Å². The monoisotopic (exact) mass is 415 g/mol. The number of fused-ring (bicyclic) bond motifs is 1. The van der Waals surface area contributed by atoms with E-state index < -0.39 is 0 Å². The third kappa shape index (κ3) is 4.21. The van der Waals surface area contributed by atoms with E-state index in [2.05, 4.69) is 9.97 Å². The summed E-state index contributed by atoms with van der Waals surface area (Å²) in [5.41, 5.74) is 6.72. The quantitative estimate of drug-likeness (QED) is 0.817. The minimum Gasteiger partial charge on any atom is -0.493 e. The van der Waals surface area contributed by atoms with Gasteiger partial charge in [-0.1, -0.05) is 0 Å². The van der Waals surface area contributed by atoms with E-state index in [0.717, 1.165) is 36.6 Å². The average Bonchev–Trinajstić information content (AvgIpc) is 2.79. The van der Waals surface area contributed by atoms with Crippen LogP contribution in [0.25, 0.3) is 10.9 Å². The van der Waals surface area contributed by atoms with Gasteiger partial charge in [0.05, 0.1) is 31.9 Å². The molecule has 4 rings (SSSR count). The summed E-state index contributed by atoms with van der Waals surface area (Å²) in [5, 5.41) is 0.748. The molecule has 1 aliphatic carbocycles. The number of nitrogens with two attached hydrogens (primary N) is 1. The molecule has 1 aromatic heterocycles. The maximum Gasteiger partial charge on any atom is 0.320 e. The summed E-state index contributed by atoms with van der Waals surface area (Å²) < 4.78 is 17.1. The highest BCUT2D eigenvalue weighted by Crippen LogP contribution is 2.36. The molecule has 1 saturated heterocycles. The number of rotatable bonds is 4. The molecule has 2 aliphatic rings. The number of morpholine rings is 1. The van der Waals surface area contributed by atoms with Crippen molar-refractivity contribution in [2.45, 2.75) is 37.8 Å². The zero-order valence-electron chi connectivity index (χ0n) is 17.5. The molecule has 2 aromatic rings. The van der Waals surface area contributed by atoms with Gasteiger partial charge in [-0.3, -0.25) is 0 Å². The second-order valence-corrected chi connectivity index (χ2v) is 7.82. The number of methoxy groups -OCH3 is 1. The van der Waals surface area contributed by atoms with Crippen molar-refractivity contribution in [3.05, 3.63) is 18.5 Å². The number of nitrogen functional groups attached to an aromatic ring is 1. The number of carbonyl (C=O) groups excluding carboxylic acids is 1. The highest BCUT2D eigenvalue weighted by molar-refractivity contribution is 5.90. The highest BCUT2D eigenvalue weighted by atomic mass is 16.5. The van der Waals surface area contributed by atoms with Crippen LogP contribution in [0.2, 0.25) is 0 Å². The lowest BCUT2D eigenvalue weighted by Crippen LogP contribution is -2.51. The molecule has 1 aromatic carbocycles. The van der Waals surface area contributed by atoms with Crippen LogP contribution in [0.1, 0.15) is 25.7 Å². The third-order valence-corrected chi connectivity index (χ3v) is 6.02. The maximum absolute atomic E-state index is 12.7. The molecule has 1 aliphatic heterocycles. The molecule has 0 bridgehead atoms. The van der Waals surface area contributed by atoms with E-state index in [1.165, 1.54) is 6.33 Å². The van der Waals surface area contributed by atoms with Gasteiger partial charge in [0, 0.05) is 37.6 Å². The molecule has 9 heteroatoms. The summed E-state index contributed by atoms with van der Waals surface area (Å²) in [5.74, 6) is 1.69. The molecular formula is C21H29N5O4. The Morgan fingerprint density at radius 3 is 2.60 bits per heavy atom. The van der Waals surface area contributed by atoms with Crippen LogP contribution in [0.5, 0.6) is 11.5 Å². The lowest BCUT2D eigenvalue weighted by atomic mass is 9.92. The number of benzene rings is 1.